The lowest BCUT2D eigenvalue weighted by Gasteiger charge is -2.20. The van der Waals surface area contributed by atoms with Crippen molar-refractivity contribution in [3.63, 3.8) is 0 Å². The number of nitrogens with zero attached hydrogens (tertiary/aromatic N) is 1. The fourth-order valence-electron chi connectivity index (χ4n) is 1.48. The first kappa shape index (κ1) is 14.7. The zero-order valence-electron chi connectivity index (χ0n) is 10.2. The van der Waals surface area contributed by atoms with Crippen LogP contribution in [0.5, 0.6) is 0 Å². The van der Waals surface area contributed by atoms with Gasteiger partial charge in [-0.15, -0.1) is 0 Å². The van der Waals surface area contributed by atoms with Crippen LogP contribution in [0, 0.1) is 16.0 Å². The van der Waals surface area contributed by atoms with Crippen LogP contribution in [0.2, 0.25) is 0 Å². The van der Waals surface area contributed by atoms with E-state index >= 15 is 0 Å². The molecule has 7 heteroatoms. The summed E-state index contributed by atoms with van der Waals surface area (Å²) in [5.41, 5.74) is 0. The summed E-state index contributed by atoms with van der Waals surface area (Å²) in [4.78, 5) is 21.6. The maximum absolute atomic E-state index is 11.8. The molecule has 1 amide bonds. The van der Waals surface area contributed by atoms with Crippen LogP contribution in [-0.4, -0.2) is 22.2 Å². The van der Waals surface area contributed by atoms with Crippen LogP contribution in [0.25, 0.3) is 0 Å². The molecule has 1 aromatic heterocycles. The molecular formula is C11H15BrN2O4. The van der Waals surface area contributed by atoms with Crippen LogP contribution in [0.3, 0.4) is 0 Å². The number of alkyl halides is 1. The summed E-state index contributed by atoms with van der Waals surface area (Å²) in [6.07, 6.45) is 0.784. The number of rotatable bonds is 6. The minimum atomic E-state index is -0.671. The average Bonchev–Trinajstić information content (AvgIpc) is 2.77. The Bertz CT molecular complexity index is 430. The van der Waals surface area contributed by atoms with Crippen LogP contribution in [-0.2, 0) is 0 Å². The zero-order chi connectivity index (χ0) is 13.7. The summed E-state index contributed by atoms with van der Waals surface area (Å²) in [6.45, 7) is 4.00. The van der Waals surface area contributed by atoms with E-state index in [2.05, 4.69) is 21.2 Å². The Kier molecular flexibility index (Phi) is 5.33. The molecule has 1 unspecified atom stereocenters. The van der Waals surface area contributed by atoms with E-state index in [0.717, 1.165) is 11.8 Å². The van der Waals surface area contributed by atoms with Gasteiger partial charge in [-0.1, -0.05) is 29.8 Å². The molecular weight excluding hydrogens is 304 g/mol. The van der Waals surface area contributed by atoms with Gasteiger partial charge in [0, 0.05) is 11.4 Å². The molecule has 0 saturated carbocycles. The molecule has 0 aliphatic heterocycles. The largest absolute Gasteiger partial charge is 0.433 e. The van der Waals surface area contributed by atoms with Crippen LogP contribution in [0.15, 0.2) is 16.5 Å². The van der Waals surface area contributed by atoms with Gasteiger partial charge in [-0.05, 0) is 18.4 Å². The summed E-state index contributed by atoms with van der Waals surface area (Å²) in [5.74, 6) is -0.622. The van der Waals surface area contributed by atoms with Gasteiger partial charge in [0.2, 0.25) is 0 Å². The van der Waals surface area contributed by atoms with E-state index < -0.39 is 16.7 Å². The Labute approximate surface area is 113 Å². The van der Waals surface area contributed by atoms with Gasteiger partial charge in [0.15, 0.2) is 5.76 Å². The molecule has 1 aromatic rings. The van der Waals surface area contributed by atoms with E-state index in [0.29, 0.717) is 0 Å². The monoisotopic (exact) mass is 318 g/mol. The number of nitrogens with one attached hydrogen (secondary N) is 1. The molecule has 0 aliphatic rings. The van der Waals surface area contributed by atoms with Crippen molar-refractivity contribution in [3.05, 3.63) is 28.0 Å². The minimum absolute atomic E-state index is 0.000955. The Morgan fingerprint density at radius 2 is 2.22 bits per heavy atom. The molecule has 100 valence electrons. The molecule has 0 aromatic carbocycles. The van der Waals surface area contributed by atoms with E-state index in [4.69, 9.17) is 4.42 Å². The molecule has 0 fully saturated rings. The molecule has 0 aliphatic carbocycles. The second-order valence-electron chi connectivity index (χ2n) is 4.20. The van der Waals surface area contributed by atoms with Crippen molar-refractivity contribution >= 4 is 27.7 Å². The lowest BCUT2D eigenvalue weighted by atomic mass is 10.0. The van der Waals surface area contributed by atoms with E-state index in [1.807, 2.05) is 13.8 Å². The van der Waals surface area contributed by atoms with Crippen LogP contribution in [0.1, 0.15) is 30.8 Å². The summed E-state index contributed by atoms with van der Waals surface area (Å²) in [7, 11) is 0. The fraction of sp³-hybridized carbons (Fsp3) is 0.545. The number of hydrogen-bond acceptors (Lipinski definition) is 4. The SMILES string of the molecule is CC(C)C(CCBr)NC(=O)c1ccc([N+](=O)[O-])o1. The molecule has 6 nitrogen and oxygen atoms in total. The third kappa shape index (κ3) is 3.83. The summed E-state index contributed by atoms with van der Waals surface area (Å²) in [5, 5.41) is 14.0. The third-order valence-corrected chi connectivity index (χ3v) is 2.99. The summed E-state index contributed by atoms with van der Waals surface area (Å²) in [6, 6.07) is 2.48. The van der Waals surface area contributed by atoms with Crippen molar-refractivity contribution in [2.24, 2.45) is 5.92 Å². The van der Waals surface area contributed by atoms with Gasteiger partial charge in [0.1, 0.15) is 4.92 Å². The first-order chi connectivity index (χ1) is 8.45. The van der Waals surface area contributed by atoms with E-state index in [9.17, 15) is 14.9 Å². The third-order valence-electron chi connectivity index (χ3n) is 2.54. The Balaban J connectivity index is 2.71. The van der Waals surface area contributed by atoms with E-state index in [-0.39, 0.29) is 17.7 Å². The van der Waals surface area contributed by atoms with Gasteiger partial charge in [-0.3, -0.25) is 14.9 Å². The molecule has 1 heterocycles. The van der Waals surface area contributed by atoms with Gasteiger partial charge in [0.05, 0.1) is 6.07 Å². The Morgan fingerprint density at radius 3 is 2.67 bits per heavy atom. The highest BCUT2D eigenvalue weighted by Gasteiger charge is 2.21. The molecule has 1 N–H and O–H groups in total. The second kappa shape index (κ2) is 6.53. The number of carbonyl (C=O) groups is 1. The van der Waals surface area contributed by atoms with Gasteiger partial charge < -0.3 is 9.73 Å². The molecule has 0 bridgehead atoms. The predicted molar refractivity (Wildman–Crippen MR) is 69.9 cm³/mol. The first-order valence-electron chi connectivity index (χ1n) is 5.56. The van der Waals surface area contributed by atoms with Gasteiger partial charge in [-0.2, -0.15) is 0 Å². The van der Waals surface area contributed by atoms with Crippen molar-refractivity contribution < 1.29 is 14.1 Å². The van der Waals surface area contributed by atoms with Gasteiger partial charge >= 0.3 is 5.88 Å². The predicted octanol–water partition coefficient (Wildman–Crippen LogP) is 2.73. The number of furan rings is 1. The van der Waals surface area contributed by atoms with Crippen molar-refractivity contribution in [1.82, 2.24) is 5.32 Å². The van der Waals surface area contributed by atoms with Crippen molar-refractivity contribution in [1.29, 1.82) is 0 Å². The highest BCUT2D eigenvalue weighted by molar-refractivity contribution is 9.09. The molecule has 1 rings (SSSR count). The number of halogens is 1. The number of hydrogen-bond donors (Lipinski definition) is 1. The molecule has 0 spiro atoms. The van der Waals surface area contributed by atoms with Crippen LogP contribution in [0.4, 0.5) is 5.88 Å². The first-order valence-corrected chi connectivity index (χ1v) is 6.69. The molecule has 1 atom stereocenters. The van der Waals surface area contributed by atoms with E-state index in [1.165, 1.54) is 12.1 Å². The minimum Gasteiger partial charge on any atom is -0.395 e. The zero-order valence-corrected chi connectivity index (χ0v) is 11.8. The Morgan fingerprint density at radius 1 is 1.56 bits per heavy atom. The average molecular weight is 319 g/mol. The quantitative estimate of drug-likeness (QED) is 0.496. The maximum atomic E-state index is 11.8. The summed E-state index contributed by atoms with van der Waals surface area (Å²) >= 11 is 3.32. The number of amides is 1. The summed E-state index contributed by atoms with van der Waals surface area (Å²) < 4.78 is 4.84. The standard InChI is InChI=1S/C11H15BrN2O4/c1-7(2)8(5-6-12)13-11(15)9-3-4-10(18-9)14(16)17/h3-4,7-8H,5-6H2,1-2H3,(H,13,15). The van der Waals surface area contributed by atoms with E-state index in [1.54, 1.807) is 0 Å². The molecule has 0 saturated heterocycles. The number of nitro groups is 1. The van der Waals surface area contributed by atoms with Crippen molar-refractivity contribution in [2.75, 3.05) is 5.33 Å². The number of carbonyl (C=O) groups excluding carboxylic acids is 1. The van der Waals surface area contributed by atoms with Crippen LogP contribution < -0.4 is 5.32 Å². The lowest BCUT2D eigenvalue weighted by molar-refractivity contribution is -0.402. The highest BCUT2D eigenvalue weighted by atomic mass is 79.9. The highest BCUT2D eigenvalue weighted by Crippen LogP contribution is 2.16. The second-order valence-corrected chi connectivity index (χ2v) is 4.99. The smallest absolute Gasteiger partial charge is 0.395 e. The van der Waals surface area contributed by atoms with Crippen LogP contribution >= 0.6 is 15.9 Å². The Hall–Kier alpha value is -1.37. The maximum Gasteiger partial charge on any atom is 0.433 e. The van der Waals surface area contributed by atoms with Crippen molar-refractivity contribution in [2.45, 2.75) is 26.3 Å². The van der Waals surface area contributed by atoms with Crippen molar-refractivity contribution in [3.8, 4) is 0 Å². The van der Waals surface area contributed by atoms with Gasteiger partial charge in [-0.25, -0.2) is 0 Å². The molecule has 18 heavy (non-hydrogen) atoms. The van der Waals surface area contributed by atoms with Gasteiger partial charge in [0.25, 0.3) is 5.91 Å². The topological polar surface area (TPSA) is 85.4 Å². The fourth-order valence-corrected chi connectivity index (χ4v) is 1.97. The lowest BCUT2D eigenvalue weighted by Crippen LogP contribution is -2.38. The molecule has 0 radical (unpaired) electrons. The normalized spacial score (nSPS) is 12.4.